The number of carbonyl (C=O) groups is 2. The number of fused-ring (bicyclic) bond motifs is 2. The third-order valence-electron chi connectivity index (χ3n) is 4.68. The number of carboxylic acid groups (broad SMARTS) is 2. The van der Waals surface area contributed by atoms with Crippen molar-refractivity contribution in [2.45, 2.75) is 25.9 Å². The fraction of sp³-hybridized carbons (Fsp3) is 0.304. The fourth-order valence-electron chi connectivity index (χ4n) is 3.29. The van der Waals surface area contributed by atoms with Gasteiger partial charge in [-0.2, -0.15) is 0 Å². The Morgan fingerprint density at radius 3 is 1.76 bits per heavy atom. The molecule has 0 atom stereocenters. The van der Waals surface area contributed by atoms with Crippen LogP contribution in [0.15, 0.2) is 60.7 Å². The number of aliphatic carboxylic acids is 2. The Morgan fingerprint density at radius 2 is 1.34 bits per heavy atom. The number of hydrogen-bond acceptors (Lipinski definition) is 4. The molecule has 154 valence electrons. The summed E-state index contributed by atoms with van der Waals surface area (Å²) in [6.07, 6.45) is 3.38. The van der Waals surface area contributed by atoms with Crippen molar-refractivity contribution in [1.82, 2.24) is 10.2 Å². The van der Waals surface area contributed by atoms with Crippen molar-refractivity contribution in [3.8, 4) is 0 Å². The van der Waals surface area contributed by atoms with Gasteiger partial charge in [0.15, 0.2) is 0 Å². The smallest absolute Gasteiger partial charge is 0.328 e. The maximum absolute atomic E-state index is 9.55. The Bertz CT molecular complexity index is 785. The van der Waals surface area contributed by atoms with Crippen LogP contribution in [0, 0.1) is 0 Å². The zero-order chi connectivity index (χ0) is 21.1. The molecule has 2 aromatic carbocycles. The fourth-order valence-corrected chi connectivity index (χ4v) is 3.29. The van der Waals surface area contributed by atoms with E-state index in [-0.39, 0.29) is 0 Å². The van der Waals surface area contributed by atoms with Crippen molar-refractivity contribution in [3.05, 3.63) is 82.9 Å². The molecule has 0 spiro atoms. The molecule has 0 amide bonds. The first-order valence-corrected chi connectivity index (χ1v) is 9.64. The number of rotatable bonds is 6. The van der Waals surface area contributed by atoms with Crippen LogP contribution >= 0.6 is 0 Å². The highest BCUT2D eigenvalue weighted by Crippen LogP contribution is 2.24. The molecule has 1 heterocycles. The van der Waals surface area contributed by atoms with Gasteiger partial charge in [0.1, 0.15) is 0 Å². The monoisotopic (exact) mass is 396 g/mol. The molecule has 0 saturated heterocycles. The van der Waals surface area contributed by atoms with Gasteiger partial charge in [0.2, 0.25) is 0 Å². The maximum atomic E-state index is 9.55. The highest BCUT2D eigenvalue weighted by Gasteiger charge is 2.16. The summed E-state index contributed by atoms with van der Waals surface area (Å²) in [6, 6.07) is 17.8. The van der Waals surface area contributed by atoms with Crippen LogP contribution in [-0.2, 0) is 29.1 Å². The van der Waals surface area contributed by atoms with Gasteiger partial charge in [-0.15, -0.1) is 0 Å². The largest absolute Gasteiger partial charge is 0.478 e. The number of carboxylic acids is 2. The van der Waals surface area contributed by atoms with Crippen LogP contribution in [0.25, 0.3) is 0 Å². The highest BCUT2D eigenvalue weighted by molar-refractivity contribution is 5.89. The Morgan fingerprint density at radius 1 is 0.897 bits per heavy atom. The van der Waals surface area contributed by atoms with Crippen molar-refractivity contribution in [2.75, 3.05) is 20.1 Å². The minimum Gasteiger partial charge on any atom is -0.478 e. The van der Waals surface area contributed by atoms with Gasteiger partial charge in [0, 0.05) is 31.8 Å². The van der Waals surface area contributed by atoms with Crippen LogP contribution in [0.4, 0.5) is 0 Å². The molecule has 6 nitrogen and oxygen atoms in total. The van der Waals surface area contributed by atoms with E-state index in [2.05, 4.69) is 58.7 Å². The predicted molar refractivity (Wildman–Crippen MR) is 113 cm³/mol. The lowest BCUT2D eigenvalue weighted by Crippen LogP contribution is -2.28. The molecule has 2 aromatic rings. The molecule has 6 heteroatoms. The molecule has 0 radical (unpaired) electrons. The van der Waals surface area contributed by atoms with E-state index in [1.165, 1.54) is 28.7 Å². The standard InChI is InChI=1S/C19H24N2.C4H4O4/c1-20-11-6-12-21-14-18-9-4-2-7-16(18)13-17-8-3-5-10-19(17)15-21;5-3(6)1-2-4(7)8/h2-5,7-10,20H,6,11-15H2,1H3;1-2H,(H,5,6)(H,7,8)/b;2-1-. The van der Waals surface area contributed by atoms with Gasteiger partial charge in [0.25, 0.3) is 0 Å². The second-order valence-electron chi connectivity index (χ2n) is 6.89. The molecule has 0 saturated carbocycles. The van der Waals surface area contributed by atoms with Gasteiger partial charge >= 0.3 is 11.9 Å². The van der Waals surface area contributed by atoms with Crippen LogP contribution < -0.4 is 5.32 Å². The number of hydrogen-bond donors (Lipinski definition) is 3. The van der Waals surface area contributed by atoms with Crippen molar-refractivity contribution in [1.29, 1.82) is 0 Å². The lowest BCUT2D eigenvalue weighted by Gasteiger charge is -2.27. The molecule has 3 rings (SSSR count). The number of nitrogens with zero attached hydrogens (tertiary/aromatic N) is 1. The predicted octanol–water partition coefficient (Wildman–Crippen LogP) is 2.91. The van der Waals surface area contributed by atoms with Crippen LogP contribution in [-0.4, -0.2) is 47.2 Å². The zero-order valence-electron chi connectivity index (χ0n) is 16.7. The summed E-state index contributed by atoms with van der Waals surface area (Å²) in [5, 5.41) is 18.9. The quantitative estimate of drug-likeness (QED) is 0.514. The number of nitrogens with one attached hydrogen (secondary N) is 1. The summed E-state index contributed by atoms with van der Waals surface area (Å²) in [5.41, 5.74) is 5.92. The molecule has 1 aliphatic heterocycles. The summed E-state index contributed by atoms with van der Waals surface area (Å²) >= 11 is 0. The van der Waals surface area contributed by atoms with Crippen LogP contribution in [0.5, 0.6) is 0 Å². The van der Waals surface area contributed by atoms with Crippen LogP contribution in [0.3, 0.4) is 0 Å². The highest BCUT2D eigenvalue weighted by atomic mass is 16.4. The summed E-state index contributed by atoms with van der Waals surface area (Å²) < 4.78 is 0. The van der Waals surface area contributed by atoms with E-state index in [0.717, 1.165) is 32.6 Å². The Labute approximate surface area is 171 Å². The van der Waals surface area contributed by atoms with Crippen LogP contribution in [0.2, 0.25) is 0 Å². The second kappa shape index (κ2) is 11.8. The Kier molecular flexibility index (Phi) is 9.08. The van der Waals surface area contributed by atoms with Gasteiger partial charge < -0.3 is 15.5 Å². The third kappa shape index (κ3) is 7.89. The first-order valence-electron chi connectivity index (χ1n) is 9.64. The van der Waals surface area contributed by atoms with E-state index < -0.39 is 11.9 Å². The minimum atomic E-state index is -1.26. The average Bonchev–Trinajstić information content (AvgIpc) is 2.68. The van der Waals surface area contributed by atoms with E-state index in [9.17, 15) is 9.59 Å². The van der Waals surface area contributed by atoms with E-state index in [0.29, 0.717) is 12.2 Å². The maximum Gasteiger partial charge on any atom is 0.328 e. The molecule has 0 unspecified atom stereocenters. The Hall–Kier alpha value is -2.96. The third-order valence-corrected chi connectivity index (χ3v) is 4.68. The summed E-state index contributed by atoms with van der Waals surface area (Å²) in [4.78, 5) is 21.7. The molecule has 0 bridgehead atoms. The molecular formula is C23H28N2O4. The van der Waals surface area contributed by atoms with Gasteiger partial charge in [-0.05, 0) is 48.7 Å². The molecule has 0 fully saturated rings. The topological polar surface area (TPSA) is 89.9 Å². The van der Waals surface area contributed by atoms with E-state index >= 15 is 0 Å². The first-order chi connectivity index (χ1) is 14.0. The van der Waals surface area contributed by atoms with E-state index in [4.69, 9.17) is 10.2 Å². The van der Waals surface area contributed by atoms with Crippen molar-refractivity contribution in [3.63, 3.8) is 0 Å². The average molecular weight is 396 g/mol. The van der Waals surface area contributed by atoms with Crippen molar-refractivity contribution < 1.29 is 19.8 Å². The molecule has 3 N–H and O–H groups in total. The number of benzene rings is 2. The van der Waals surface area contributed by atoms with E-state index in [1.54, 1.807) is 0 Å². The lowest BCUT2D eigenvalue weighted by atomic mass is 9.93. The first kappa shape index (κ1) is 22.3. The van der Waals surface area contributed by atoms with Gasteiger partial charge in [-0.3, -0.25) is 4.90 Å². The van der Waals surface area contributed by atoms with Gasteiger partial charge in [-0.1, -0.05) is 48.5 Å². The van der Waals surface area contributed by atoms with Crippen molar-refractivity contribution >= 4 is 11.9 Å². The SMILES string of the molecule is CNCCCN1Cc2ccccc2Cc2ccccc2C1.O=C(O)/C=C\C(=O)O. The molecular weight excluding hydrogens is 368 g/mol. The van der Waals surface area contributed by atoms with Gasteiger partial charge in [0.05, 0.1) is 0 Å². The molecule has 29 heavy (non-hydrogen) atoms. The molecule has 1 aliphatic rings. The molecule has 0 aliphatic carbocycles. The van der Waals surface area contributed by atoms with Crippen LogP contribution in [0.1, 0.15) is 28.7 Å². The molecule has 0 aromatic heterocycles. The second-order valence-corrected chi connectivity index (χ2v) is 6.89. The van der Waals surface area contributed by atoms with Crippen molar-refractivity contribution in [2.24, 2.45) is 0 Å². The Balaban J connectivity index is 0.000000321. The zero-order valence-corrected chi connectivity index (χ0v) is 16.7. The minimum absolute atomic E-state index is 0.558. The summed E-state index contributed by atoms with van der Waals surface area (Å²) in [5.74, 6) is -2.51. The van der Waals surface area contributed by atoms with E-state index in [1.807, 2.05) is 7.05 Å². The lowest BCUT2D eigenvalue weighted by molar-refractivity contribution is -0.134. The normalized spacial score (nSPS) is 13.4. The van der Waals surface area contributed by atoms with Gasteiger partial charge in [-0.25, -0.2) is 9.59 Å². The summed E-state index contributed by atoms with van der Waals surface area (Å²) in [7, 11) is 2.03. The summed E-state index contributed by atoms with van der Waals surface area (Å²) in [6.45, 7) is 4.35.